The van der Waals surface area contributed by atoms with Gasteiger partial charge in [-0.2, -0.15) is 0 Å². The number of unbranched alkanes of at least 4 members (excludes halogenated alkanes) is 1. The molecule has 0 spiro atoms. The van der Waals surface area contributed by atoms with E-state index < -0.39 is 54.0 Å². The molecule has 3 amide bonds. The van der Waals surface area contributed by atoms with Crippen LogP contribution in [0.25, 0.3) is 0 Å². The minimum absolute atomic E-state index is 0.0116. The van der Waals surface area contributed by atoms with Crippen LogP contribution in [-0.2, 0) is 39.9 Å². The number of amides is 3. The average molecular weight is 787 g/mol. The van der Waals surface area contributed by atoms with Gasteiger partial charge >= 0.3 is 5.97 Å². The Morgan fingerprint density at radius 1 is 0.929 bits per heavy atom. The average Bonchev–Trinajstić information content (AvgIpc) is 3.65. The predicted octanol–water partition coefficient (Wildman–Crippen LogP) is 5.71. The molecule has 1 heterocycles. The Morgan fingerprint density at radius 2 is 1.57 bits per heavy atom. The number of benzene rings is 1. The fourth-order valence-electron chi connectivity index (χ4n) is 8.54. The molecule has 2 N–H and O–H groups in total. The summed E-state index contributed by atoms with van der Waals surface area (Å²) in [7, 11) is 6.83. The molecule has 1 saturated heterocycles. The number of likely N-dealkylation sites (N-methyl/N-ethyl adjacent to an activating group) is 2. The van der Waals surface area contributed by atoms with Gasteiger partial charge in [-0.25, -0.2) is 4.79 Å². The van der Waals surface area contributed by atoms with E-state index in [1.165, 1.54) is 7.11 Å². The second-order valence-electron chi connectivity index (χ2n) is 16.7. The molecule has 0 aromatic heterocycles. The van der Waals surface area contributed by atoms with E-state index >= 15 is 0 Å². The molecule has 1 aromatic rings. The lowest BCUT2D eigenvalue weighted by molar-refractivity contribution is -0.149. The van der Waals surface area contributed by atoms with Crippen LogP contribution in [0.5, 0.6) is 0 Å². The highest BCUT2D eigenvalue weighted by Crippen LogP contribution is 2.31. The molecule has 1 aliphatic rings. The van der Waals surface area contributed by atoms with Gasteiger partial charge in [-0.3, -0.25) is 24.1 Å². The molecule has 0 aliphatic carbocycles. The smallest absolute Gasteiger partial charge is 0.326 e. The fraction of sp³-hybridized carbons (Fsp3) is 0.750. The Kier molecular flexibility index (Phi) is 20.7. The highest BCUT2D eigenvalue weighted by Gasteiger charge is 2.43. The molecule has 2 rings (SSSR count). The van der Waals surface area contributed by atoms with Crippen LogP contribution < -0.4 is 5.32 Å². The number of carboxylic acids is 1. The summed E-state index contributed by atoms with van der Waals surface area (Å²) in [5.74, 6) is -3.08. The van der Waals surface area contributed by atoms with Crippen molar-refractivity contribution in [3.8, 4) is 0 Å². The number of carbonyl (C=O) groups is 5. The van der Waals surface area contributed by atoms with Crippen LogP contribution in [0.1, 0.15) is 106 Å². The number of carboxylic acid groups (broad SMARTS) is 1. The van der Waals surface area contributed by atoms with Crippen molar-refractivity contribution in [2.45, 2.75) is 143 Å². The largest absolute Gasteiger partial charge is 0.480 e. The molecule has 0 unspecified atom stereocenters. The molecule has 0 radical (unpaired) electrons. The number of Topliss-reactive ketones (excluding diaryl/α,β-unsaturated/α-hetero) is 1. The first-order chi connectivity index (χ1) is 26.4. The summed E-state index contributed by atoms with van der Waals surface area (Å²) in [4.78, 5) is 73.8. The van der Waals surface area contributed by atoms with Crippen molar-refractivity contribution in [1.82, 2.24) is 20.0 Å². The zero-order valence-electron chi connectivity index (χ0n) is 36.5. The maximum atomic E-state index is 14.4. The van der Waals surface area contributed by atoms with E-state index in [1.807, 2.05) is 58.2 Å². The quantitative estimate of drug-likeness (QED) is 0.127. The molecule has 0 saturated carbocycles. The van der Waals surface area contributed by atoms with Gasteiger partial charge < -0.3 is 29.7 Å². The van der Waals surface area contributed by atoms with Gasteiger partial charge in [0.15, 0.2) is 5.78 Å². The van der Waals surface area contributed by atoms with Gasteiger partial charge in [0, 0.05) is 46.6 Å². The summed E-state index contributed by atoms with van der Waals surface area (Å²) in [6.45, 7) is 17.3. The van der Waals surface area contributed by atoms with Gasteiger partial charge in [0.05, 0.1) is 42.7 Å². The van der Waals surface area contributed by atoms with Crippen molar-refractivity contribution in [2.75, 3.05) is 41.4 Å². The second kappa shape index (κ2) is 23.8. The van der Waals surface area contributed by atoms with Gasteiger partial charge in [-0.05, 0) is 56.2 Å². The third-order valence-corrected chi connectivity index (χ3v) is 12.0. The number of rotatable bonds is 25. The number of hydrogen-bond acceptors (Lipinski definition) is 8. The maximum absolute atomic E-state index is 14.4. The highest BCUT2D eigenvalue weighted by molar-refractivity contribution is 5.90. The van der Waals surface area contributed by atoms with E-state index in [-0.39, 0.29) is 60.7 Å². The van der Waals surface area contributed by atoms with Crippen LogP contribution in [0, 0.1) is 29.6 Å². The summed E-state index contributed by atoms with van der Waals surface area (Å²) in [6, 6.07) is 6.88. The Labute approximate surface area is 337 Å². The molecule has 12 nitrogen and oxygen atoms in total. The standard InChI is InChI=1S/C44H74N4O8/c1-13-15-23-46(9)39(29(5)6)36(49)26-33(28(3)4)43(52)47(10)40(30(7)14-2)37(55-11)27-38(50)48-24-19-22-35(48)41(56-12)31(8)42(51)45-34(44(53)54)25-32-20-17-16-18-21-32/h16-18,20-21,28-31,33-35,37,39-41H,13-15,19,22-27H2,1-12H3,(H,45,51)(H,53,54)/t30-,31+,33-,34-,35-,37+,39-,40-,41+/m0/s1. The van der Waals surface area contributed by atoms with Crippen LogP contribution in [0.15, 0.2) is 30.3 Å². The number of nitrogens with zero attached hydrogens (tertiary/aromatic N) is 3. The van der Waals surface area contributed by atoms with E-state index in [1.54, 1.807) is 30.9 Å². The van der Waals surface area contributed by atoms with Gasteiger partial charge in [-0.15, -0.1) is 0 Å². The number of aliphatic carboxylic acids is 1. The van der Waals surface area contributed by atoms with Crippen LogP contribution in [-0.4, -0.2) is 127 Å². The summed E-state index contributed by atoms with van der Waals surface area (Å²) in [5, 5.41) is 12.6. The first kappa shape index (κ1) is 48.8. The molecule has 318 valence electrons. The van der Waals surface area contributed by atoms with Crippen LogP contribution in [0.2, 0.25) is 0 Å². The molecule has 0 bridgehead atoms. The highest BCUT2D eigenvalue weighted by atomic mass is 16.5. The number of hydrogen-bond donors (Lipinski definition) is 2. The van der Waals surface area contributed by atoms with Crippen LogP contribution in [0.3, 0.4) is 0 Å². The Balaban J connectivity index is 2.28. The normalized spacial score (nSPS) is 18.9. The third-order valence-electron chi connectivity index (χ3n) is 12.0. The van der Waals surface area contributed by atoms with Gasteiger partial charge in [-0.1, -0.05) is 98.6 Å². The molecule has 1 aromatic carbocycles. The SMILES string of the molecule is CCCCN(C)[C@H](C(=O)C[C@H](C(=O)N(C)[C@@H]([C@@H](C)CC)[C@@H](CC(=O)N1CCC[C@H]1[C@H](OC)[C@@H](C)C(=O)N[C@@H](Cc1ccccc1)C(=O)O)OC)C(C)C)C(C)C. The number of likely N-dealkylation sites (tertiary alicyclic amines) is 1. The zero-order chi connectivity index (χ0) is 42.3. The second-order valence-corrected chi connectivity index (χ2v) is 16.7. The lowest BCUT2D eigenvalue weighted by Crippen LogP contribution is -2.55. The Hall–Kier alpha value is -3.35. The number of ketones is 1. The minimum atomic E-state index is -1.13. The van der Waals surface area contributed by atoms with Crippen molar-refractivity contribution >= 4 is 29.5 Å². The first-order valence-electron chi connectivity index (χ1n) is 20.9. The predicted molar refractivity (Wildman–Crippen MR) is 220 cm³/mol. The van der Waals surface area contributed by atoms with E-state index in [9.17, 15) is 29.1 Å². The summed E-state index contributed by atoms with van der Waals surface area (Å²) >= 11 is 0. The first-order valence-corrected chi connectivity index (χ1v) is 20.9. The van der Waals surface area contributed by atoms with Crippen molar-refractivity contribution in [2.24, 2.45) is 29.6 Å². The van der Waals surface area contributed by atoms with Crippen molar-refractivity contribution in [3.63, 3.8) is 0 Å². The van der Waals surface area contributed by atoms with Gasteiger partial charge in [0.1, 0.15) is 6.04 Å². The van der Waals surface area contributed by atoms with Gasteiger partial charge in [0.2, 0.25) is 17.7 Å². The fourth-order valence-corrected chi connectivity index (χ4v) is 8.54. The Morgan fingerprint density at radius 3 is 2.09 bits per heavy atom. The number of ether oxygens (including phenoxy) is 2. The molecular formula is C44H74N4O8. The Bertz CT molecular complexity index is 1390. The van der Waals surface area contributed by atoms with Crippen molar-refractivity contribution in [1.29, 1.82) is 0 Å². The third kappa shape index (κ3) is 13.4. The van der Waals surface area contributed by atoms with E-state index in [0.29, 0.717) is 13.0 Å². The topological polar surface area (TPSA) is 146 Å². The number of nitrogens with one attached hydrogen (secondary N) is 1. The molecule has 56 heavy (non-hydrogen) atoms. The number of methoxy groups -OCH3 is 2. The van der Waals surface area contributed by atoms with Gasteiger partial charge in [0.25, 0.3) is 0 Å². The molecule has 12 heteroatoms. The lowest BCUT2D eigenvalue weighted by Gasteiger charge is -2.41. The minimum Gasteiger partial charge on any atom is -0.480 e. The summed E-state index contributed by atoms with van der Waals surface area (Å²) in [6.07, 6.45) is 3.09. The van der Waals surface area contributed by atoms with E-state index in [2.05, 4.69) is 37.9 Å². The summed E-state index contributed by atoms with van der Waals surface area (Å²) in [5.41, 5.74) is 0.790. The summed E-state index contributed by atoms with van der Waals surface area (Å²) < 4.78 is 11.9. The molecule has 1 aliphatic heterocycles. The van der Waals surface area contributed by atoms with E-state index in [4.69, 9.17) is 9.47 Å². The number of carbonyl (C=O) groups excluding carboxylic acids is 4. The van der Waals surface area contributed by atoms with Crippen LogP contribution in [0.4, 0.5) is 0 Å². The van der Waals surface area contributed by atoms with E-state index in [0.717, 1.165) is 37.8 Å². The molecular weight excluding hydrogens is 713 g/mol. The zero-order valence-corrected chi connectivity index (χ0v) is 36.5. The lowest BCUT2D eigenvalue weighted by atomic mass is 9.83. The van der Waals surface area contributed by atoms with Crippen molar-refractivity contribution < 1.29 is 38.6 Å². The van der Waals surface area contributed by atoms with Crippen LogP contribution >= 0.6 is 0 Å². The molecule has 9 atom stereocenters. The maximum Gasteiger partial charge on any atom is 0.326 e. The monoisotopic (exact) mass is 787 g/mol. The molecule has 1 fully saturated rings. The van der Waals surface area contributed by atoms with Crippen molar-refractivity contribution in [3.05, 3.63) is 35.9 Å².